The molecule has 0 aliphatic carbocycles. The minimum atomic E-state index is -0.683. The SMILES string of the molecule is Cc1csc(N(C(=O)[C@H](NC(=O)Cc2cccc3ccccc23)C(C)C)c2ccccc2)n1. The molecule has 0 aliphatic rings. The molecule has 0 spiro atoms. The van der Waals surface area contributed by atoms with E-state index in [4.69, 9.17) is 0 Å². The van der Waals surface area contributed by atoms with Gasteiger partial charge in [-0.05, 0) is 41.3 Å². The first-order chi connectivity index (χ1) is 15.9. The van der Waals surface area contributed by atoms with Gasteiger partial charge in [0.15, 0.2) is 5.13 Å². The number of carbonyl (C=O) groups is 2. The van der Waals surface area contributed by atoms with Gasteiger partial charge in [0.05, 0.1) is 17.8 Å². The molecule has 1 heterocycles. The highest BCUT2D eigenvalue weighted by Crippen LogP contribution is 2.30. The lowest BCUT2D eigenvalue weighted by Crippen LogP contribution is -2.50. The van der Waals surface area contributed by atoms with E-state index in [1.807, 2.05) is 98.9 Å². The first-order valence-electron chi connectivity index (χ1n) is 11.0. The lowest BCUT2D eigenvalue weighted by Gasteiger charge is -2.28. The maximum Gasteiger partial charge on any atom is 0.256 e. The number of hydrogen-bond donors (Lipinski definition) is 1. The molecular formula is C27H27N3O2S. The number of carbonyl (C=O) groups excluding carboxylic acids is 2. The number of hydrogen-bond acceptors (Lipinski definition) is 4. The monoisotopic (exact) mass is 457 g/mol. The average Bonchev–Trinajstić information content (AvgIpc) is 3.24. The van der Waals surface area contributed by atoms with Crippen molar-refractivity contribution in [3.8, 4) is 0 Å². The van der Waals surface area contributed by atoms with Crippen molar-refractivity contribution in [1.82, 2.24) is 10.3 Å². The van der Waals surface area contributed by atoms with Gasteiger partial charge >= 0.3 is 0 Å². The van der Waals surface area contributed by atoms with Gasteiger partial charge in [0.1, 0.15) is 6.04 Å². The van der Waals surface area contributed by atoms with Crippen molar-refractivity contribution in [3.05, 3.63) is 89.4 Å². The van der Waals surface area contributed by atoms with Crippen LogP contribution in [0.25, 0.3) is 10.8 Å². The predicted octanol–water partition coefficient (Wildman–Crippen LogP) is 5.65. The van der Waals surface area contributed by atoms with E-state index in [0.717, 1.165) is 27.7 Å². The zero-order valence-corrected chi connectivity index (χ0v) is 19.8. The fraction of sp³-hybridized carbons (Fsp3) is 0.222. The molecule has 0 saturated heterocycles. The van der Waals surface area contributed by atoms with Gasteiger partial charge in [-0.25, -0.2) is 4.98 Å². The molecule has 0 fully saturated rings. The number of aryl methyl sites for hydroxylation is 1. The molecule has 1 aromatic heterocycles. The molecule has 33 heavy (non-hydrogen) atoms. The first kappa shape index (κ1) is 22.7. The number of rotatable bonds is 7. The molecule has 0 saturated carbocycles. The van der Waals surface area contributed by atoms with Crippen LogP contribution in [0.1, 0.15) is 25.1 Å². The summed E-state index contributed by atoms with van der Waals surface area (Å²) in [6.45, 7) is 5.79. The Morgan fingerprint density at radius 2 is 1.67 bits per heavy atom. The van der Waals surface area contributed by atoms with Crippen LogP contribution < -0.4 is 10.2 Å². The van der Waals surface area contributed by atoms with E-state index in [0.29, 0.717) is 5.13 Å². The highest BCUT2D eigenvalue weighted by molar-refractivity contribution is 7.14. The molecular weight excluding hydrogens is 430 g/mol. The van der Waals surface area contributed by atoms with Crippen molar-refractivity contribution in [2.24, 2.45) is 5.92 Å². The van der Waals surface area contributed by atoms with E-state index in [1.165, 1.54) is 11.3 Å². The van der Waals surface area contributed by atoms with Crippen LogP contribution in [0.2, 0.25) is 0 Å². The second-order valence-corrected chi connectivity index (χ2v) is 9.22. The molecule has 0 unspecified atom stereocenters. The number of aromatic nitrogens is 1. The van der Waals surface area contributed by atoms with Crippen molar-refractivity contribution in [1.29, 1.82) is 0 Å². The zero-order chi connectivity index (χ0) is 23.4. The first-order valence-corrected chi connectivity index (χ1v) is 11.9. The lowest BCUT2D eigenvalue weighted by atomic mass is 10.00. The van der Waals surface area contributed by atoms with Gasteiger partial charge in [0, 0.05) is 5.38 Å². The summed E-state index contributed by atoms with van der Waals surface area (Å²) in [6, 6.07) is 22.7. The summed E-state index contributed by atoms with van der Waals surface area (Å²) in [6.07, 6.45) is 0.208. The second-order valence-electron chi connectivity index (χ2n) is 8.38. The summed E-state index contributed by atoms with van der Waals surface area (Å²) in [5, 5.41) is 7.66. The molecule has 4 aromatic rings. The summed E-state index contributed by atoms with van der Waals surface area (Å²) >= 11 is 1.41. The standard InChI is InChI=1S/C27H27N3O2S/c1-18(2)25(29-24(31)16-21-12-9-11-20-10-7-8-15-23(20)21)26(32)30(22-13-5-4-6-14-22)27-28-19(3)17-33-27/h4-15,17-18,25H,16H2,1-3H3,(H,29,31)/t25-/m1/s1. The fourth-order valence-corrected chi connectivity index (χ4v) is 4.68. The third kappa shape index (κ3) is 5.12. The van der Waals surface area contributed by atoms with Crippen molar-refractivity contribution < 1.29 is 9.59 Å². The maximum atomic E-state index is 13.8. The molecule has 5 nitrogen and oxygen atoms in total. The summed E-state index contributed by atoms with van der Waals surface area (Å²) in [7, 11) is 0. The Bertz CT molecular complexity index is 1260. The van der Waals surface area contributed by atoms with E-state index in [9.17, 15) is 9.59 Å². The Labute approximate surface area is 198 Å². The van der Waals surface area contributed by atoms with Crippen LogP contribution in [0.15, 0.2) is 78.2 Å². The van der Waals surface area contributed by atoms with Crippen molar-refractivity contribution in [2.45, 2.75) is 33.2 Å². The normalized spacial score (nSPS) is 12.0. The molecule has 3 aromatic carbocycles. The van der Waals surface area contributed by atoms with Gasteiger partial charge in [-0.1, -0.05) is 74.5 Å². The summed E-state index contributed by atoms with van der Waals surface area (Å²) in [5.74, 6) is -0.472. The molecule has 1 N–H and O–H groups in total. The third-order valence-electron chi connectivity index (χ3n) is 5.51. The van der Waals surface area contributed by atoms with Gasteiger partial charge in [-0.2, -0.15) is 0 Å². The number of amides is 2. The topological polar surface area (TPSA) is 62.3 Å². The maximum absolute atomic E-state index is 13.8. The highest BCUT2D eigenvalue weighted by Gasteiger charge is 2.32. The quantitative estimate of drug-likeness (QED) is 0.390. The Balaban J connectivity index is 1.60. The predicted molar refractivity (Wildman–Crippen MR) is 135 cm³/mol. The minimum Gasteiger partial charge on any atom is -0.344 e. The number of anilines is 2. The number of fused-ring (bicyclic) bond motifs is 1. The van der Waals surface area contributed by atoms with Crippen molar-refractivity contribution in [3.63, 3.8) is 0 Å². The van der Waals surface area contributed by atoms with Crippen LogP contribution in [-0.2, 0) is 16.0 Å². The van der Waals surface area contributed by atoms with Gasteiger partial charge in [0.2, 0.25) is 5.91 Å². The van der Waals surface area contributed by atoms with E-state index in [1.54, 1.807) is 4.90 Å². The molecule has 6 heteroatoms. The van der Waals surface area contributed by atoms with E-state index in [2.05, 4.69) is 10.3 Å². The van der Waals surface area contributed by atoms with Crippen LogP contribution in [0.5, 0.6) is 0 Å². The van der Waals surface area contributed by atoms with Gasteiger partial charge < -0.3 is 5.32 Å². The number of nitrogens with zero attached hydrogens (tertiary/aromatic N) is 2. The number of benzene rings is 3. The highest BCUT2D eigenvalue weighted by atomic mass is 32.1. The molecule has 0 aliphatic heterocycles. The smallest absolute Gasteiger partial charge is 0.256 e. The third-order valence-corrected chi connectivity index (χ3v) is 6.46. The molecule has 4 rings (SSSR count). The molecule has 2 amide bonds. The summed E-state index contributed by atoms with van der Waals surface area (Å²) < 4.78 is 0. The average molecular weight is 458 g/mol. The molecule has 1 atom stereocenters. The number of para-hydroxylation sites is 1. The van der Waals surface area contributed by atoms with Crippen LogP contribution in [0, 0.1) is 12.8 Å². The summed E-state index contributed by atoms with van der Waals surface area (Å²) in [5.41, 5.74) is 2.52. The van der Waals surface area contributed by atoms with Crippen LogP contribution in [0.3, 0.4) is 0 Å². The van der Waals surface area contributed by atoms with Crippen LogP contribution >= 0.6 is 11.3 Å². The summed E-state index contributed by atoms with van der Waals surface area (Å²) in [4.78, 5) is 33.0. The fourth-order valence-electron chi connectivity index (χ4n) is 3.85. The van der Waals surface area contributed by atoms with Gasteiger partial charge in [-0.3, -0.25) is 14.5 Å². The lowest BCUT2D eigenvalue weighted by molar-refractivity contribution is -0.127. The molecule has 168 valence electrons. The Morgan fingerprint density at radius 1 is 0.970 bits per heavy atom. The van der Waals surface area contributed by atoms with Crippen LogP contribution in [0.4, 0.5) is 10.8 Å². The van der Waals surface area contributed by atoms with E-state index in [-0.39, 0.29) is 24.2 Å². The van der Waals surface area contributed by atoms with E-state index < -0.39 is 6.04 Å². The number of nitrogens with one attached hydrogen (secondary N) is 1. The number of thiazole rings is 1. The Hall–Kier alpha value is -3.51. The van der Waals surface area contributed by atoms with Gasteiger partial charge in [-0.15, -0.1) is 11.3 Å². The zero-order valence-electron chi connectivity index (χ0n) is 19.0. The minimum absolute atomic E-state index is 0.0961. The van der Waals surface area contributed by atoms with Gasteiger partial charge in [0.25, 0.3) is 5.91 Å². The largest absolute Gasteiger partial charge is 0.344 e. The van der Waals surface area contributed by atoms with Crippen molar-refractivity contribution >= 4 is 44.7 Å². The van der Waals surface area contributed by atoms with Crippen LogP contribution in [-0.4, -0.2) is 22.8 Å². The Kier molecular flexibility index (Phi) is 6.84. The molecule has 0 bridgehead atoms. The van der Waals surface area contributed by atoms with Crippen molar-refractivity contribution in [2.75, 3.05) is 4.90 Å². The molecule has 0 radical (unpaired) electrons. The Morgan fingerprint density at radius 3 is 2.36 bits per heavy atom. The second kappa shape index (κ2) is 9.96. The van der Waals surface area contributed by atoms with E-state index >= 15 is 0 Å².